The van der Waals surface area contributed by atoms with Gasteiger partial charge >= 0.3 is 0 Å². The van der Waals surface area contributed by atoms with Gasteiger partial charge in [-0.15, -0.1) is 0 Å². The van der Waals surface area contributed by atoms with Crippen LogP contribution >= 0.6 is 0 Å². The Morgan fingerprint density at radius 3 is 2.82 bits per heavy atom. The van der Waals surface area contributed by atoms with E-state index in [1.807, 2.05) is 0 Å². The summed E-state index contributed by atoms with van der Waals surface area (Å²) >= 11 is 0. The number of hydrogen-bond donors (Lipinski definition) is 2. The maximum absolute atomic E-state index is 11.8. The highest BCUT2D eigenvalue weighted by molar-refractivity contribution is 6.02. The number of nitrogens with zero attached hydrogens (tertiary/aromatic N) is 4. The first-order valence-corrected chi connectivity index (χ1v) is 4.99. The second-order valence-corrected chi connectivity index (χ2v) is 3.40. The Balaban J connectivity index is 2.14. The Bertz CT molecular complexity index is 535. The Morgan fingerprint density at radius 2 is 2.18 bits per heavy atom. The standard InChI is InChI=1S/C10H12N6O/c1-11-9-5-12-4-8(15-9)10(17)14-7-3-13-16(2)6-7/h3-6H,1-2H3,(H,11,15)(H,14,17). The SMILES string of the molecule is CNc1cncc(C(=O)Nc2cnn(C)c2)n1. The van der Waals surface area contributed by atoms with Crippen molar-refractivity contribution in [2.45, 2.75) is 0 Å². The van der Waals surface area contributed by atoms with Crippen LogP contribution in [-0.4, -0.2) is 32.7 Å². The van der Waals surface area contributed by atoms with Crippen LogP contribution in [0.1, 0.15) is 10.5 Å². The van der Waals surface area contributed by atoms with Gasteiger partial charge in [0, 0.05) is 20.3 Å². The van der Waals surface area contributed by atoms with E-state index in [1.54, 1.807) is 37.4 Å². The van der Waals surface area contributed by atoms with Crippen LogP contribution < -0.4 is 10.6 Å². The molecular weight excluding hydrogens is 220 g/mol. The minimum absolute atomic E-state index is 0.251. The van der Waals surface area contributed by atoms with Gasteiger partial charge in [-0.1, -0.05) is 0 Å². The number of carbonyl (C=O) groups is 1. The van der Waals surface area contributed by atoms with Gasteiger partial charge in [0.15, 0.2) is 0 Å². The molecular formula is C10H12N6O. The first-order chi connectivity index (χ1) is 8.19. The molecule has 0 aromatic carbocycles. The maximum atomic E-state index is 11.8. The summed E-state index contributed by atoms with van der Waals surface area (Å²) in [6, 6.07) is 0. The van der Waals surface area contributed by atoms with Crippen molar-refractivity contribution in [3.63, 3.8) is 0 Å². The predicted octanol–water partition coefficient (Wildman–Crippen LogP) is 0.504. The van der Waals surface area contributed by atoms with Crippen molar-refractivity contribution in [2.24, 2.45) is 7.05 Å². The molecule has 88 valence electrons. The minimum Gasteiger partial charge on any atom is -0.372 e. The van der Waals surface area contributed by atoms with Crippen molar-refractivity contribution in [1.82, 2.24) is 19.7 Å². The van der Waals surface area contributed by atoms with E-state index < -0.39 is 0 Å². The van der Waals surface area contributed by atoms with Gasteiger partial charge in [0.2, 0.25) is 0 Å². The smallest absolute Gasteiger partial charge is 0.276 e. The zero-order valence-corrected chi connectivity index (χ0v) is 9.51. The van der Waals surface area contributed by atoms with Gasteiger partial charge in [-0.3, -0.25) is 14.5 Å². The largest absolute Gasteiger partial charge is 0.372 e. The third kappa shape index (κ3) is 2.57. The van der Waals surface area contributed by atoms with E-state index in [2.05, 4.69) is 25.7 Å². The number of rotatable bonds is 3. The molecule has 0 radical (unpaired) electrons. The van der Waals surface area contributed by atoms with Gasteiger partial charge in [-0.2, -0.15) is 5.10 Å². The molecule has 0 aliphatic heterocycles. The second kappa shape index (κ2) is 4.60. The van der Waals surface area contributed by atoms with E-state index in [1.165, 1.54) is 6.20 Å². The lowest BCUT2D eigenvalue weighted by atomic mass is 10.4. The molecule has 7 nitrogen and oxygen atoms in total. The van der Waals surface area contributed by atoms with Crippen LogP contribution in [0.15, 0.2) is 24.8 Å². The zero-order chi connectivity index (χ0) is 12.3. The lowest BCUT2D eigenvalue weighted by Crippen LogP contribution is -2.14. The highest BCUT2D eigenvalue weighted by atomic mass is 16.1. The average molecular weight is 232 g/mol. The van der Waals surface area contributed by atoms with Gasteiger partial charge in [0.25, 0.3) is 5.91 Å². The van der Waals surface area contributed by atoms with E-state index in [4.69, 9.17) is 0 Å². The zero-order valence-electron chi connectivity index (χ0n) is 9.51. The van der Waals surface area contributed by atoms with Gasteiger partial charge < -0.3 is 10.6 Å². The first-order valence-electron chi connectivity index (χ1n) is 4.99. The Morgan fingerprint density at radius 1 is 1.35 bits per heavy atom. The van der Waals surface area contributed by atoms with E-state index in [0.717, 1.165) is 0 Å². The second-order valence-electron chi connectivity index (χ2n) is 3.40. The third-order valence-electron chi connectivity index (χ3n) is 2.09. The number of aromatic nitrogens is 4. The van der Waals surface area contributed by atoms with Gasteiger partial charge in [-0.05, 0) is 0 Å². The minimum atomic E-state index is -0.317. The van der Waals surface area contributed by atoms with Crippen LogP contribution in [0, 0.1) is 0 Å². The van der Waals surface area contributed by atoms with Crippen LogP contribution in [0.4, 0.5) is 11.5 Å². The van der Waals surface area contributed by atoms with E-state index in [9.17, 15) is 4.79 Å². The van der Waals surface area contributed by atoms with Crippen molar-refractivity contribution in [3.8, 4) is 0 Å². The van der Waals surface area contributed by atoms with E-state index >= 15 is 0 Å². The third-order valence-corrected chi connectivity index (χ3v) is 2.09. The van der Waals surface area contributed by atoms with Crippen molar-refractivity contribution < 1.29 is 4.79 Å². The number of aryl methyl sites for hydroxylation is 1. The molecule has 7 heteroatoms. The topological polar surface area (TPSA) is 84.7 Å². The Labute approximate surface area is 97.9 Å². The predicted molar refractivity (Wildman–Crippen MR) is 62.7 cm³/mol. The summed E-state index contributed by atoms with van der Waals surface area (Å²) < 4.78 is 1.60. The molecule has 0 unspecified atom stereocenters. The summed E-state index contributed by atoms with van der Waals surface area (Å²) in [5.74, 6) is 0.228. The molecule has 0 aliphatic rings. The van der Waals surface area contributed by atoms with Crippen molar-refractivity contribution in [2.75, 3.05) is 17.7 Å². The molecule has 2 aromatic rings. The molecule has 2 rings (SSSR count). The van der Waals surface area contributed by atoms with E-state index in [-0.39, 0.29) is 11.6 Å². The fraction of sp³-hybridized carbons (Fsp3) is 0.200. The monoisotopic (exact) mass is 232 g/mol. The summed E-state index contributed by atoms with van der Waals surface area (Å²) in [5, 5.41) is 9.45. The summed E-state index contributed by atoms with van der Waals surface area (Å²) in [7, 11) is 3.49. The lowest BCUT2D eigenvalue weighted by molar-refractivity contribution is 0.102. The first kappa shape index (κ1) is 11.1. The molecule has 2 heterocycles. The molecule has 0 fully saturated rings. The van der Waals surface area contributed by atoms with Crippen LogP contribution in [0.25, 0.3) is 0 Å². The molecule has 2 N–H and O–H groups in total. The Hall–Kier alpha value is -2.44. The number of amides is 1. The molecule has 1 amide bonds. The molecule has 0 aliphatic carbocycles. The molecule has 0 saturated heterocycles. The van der Waals surface area contributed by atoms with Crippen LogP contribution in [0.3, 0.4) is 0 Å². The number of hydrogen-bond acceptors (Lipinski definition) is 5. The van der Waals surface area contributed by atoms with Crippen LogP contribution in [-0.2, 0) is 7.05 Å². The molecule has 0 atom stereocenters. The molecule has 17 heavy (non-hydrogen) atoms. The summed E-state index contributed by atoms with van der Waals surface area (Å²) in [5.41, 5.74) is 0.870. The van der Waals surface area contributed by atoms with Crippen molar-refractivity contribution >= 4 is 17.4 Å². The molecule has 2 aromatic heterocycles. The fourth-order valence-corrected chi connectivity index (χ4v) is 1.28. The normalized spacial score (nSPS) is 10.0. The number of carbonyl (C=O) groups excluding carboxylic acids is 1. The molecule has 0 bridgehead atoms. The fourth-order valence-electron chi connectivity index (χ4n) is 1.28. The Kier molecular flexibility index (Phi) is 2.99. The highest BCUT2D eigenvalue weighted by Gasteiger charge is 2.09. The van der Waals surface area contributed by atoms with Crippen molar-refractivity contribution in [3.05, 3.63) is 30.5 Å². The van der Waals surface area contributed by atoms with Gasteiger partial charge in [0.1, 0.15) is 11.5 Å². The lowest BCUT2D eigenvalue weighted by Gasteiger charge is -2.03. The van der Waals surface area contributed by atoms with Crippen LogP contribution in [0.2, 0.25) is 0 Å². The average Bonchev–Trinajstić information content (AvgIpc) is 2.75. The number of nitrogens with one attached hydrogen (secondary N) is 2. The van der Waals surface area contributed by atoms with Gasteiger partial charge in [0.05, 0.1) is 24.3 Å². The molecule has 0 saturated carbocycles. The summed E-state index contributed by atoms with van der Waals surface area (Å²) in [6.07, 6.45) is 6.22. The van der Waals surface area contributed by atoms with Crippen molar-refractivity contribution in [1.29, 1.82) is 0 Å². The van der Waals surface area contributed by atoms with Crippen LogP contribution in [0.5, 0.6) is 0 Å². The highest BCUT2D eigenvalue weighted by Crippen LogP contribution is 2.07. The maximum Gasteiger partial charge on any atom is 0.276 e. The van der Waals surface area contributed by atoms with Gasteiger partial charge in [-0.25, -0.2) is 4.98 Å². The molecule has 0 spiro atoms. The summed E-state index contributed by atoms with van der Waals surface area (Å²) in [6.45, 7) is 0. The summed E-state index contributed by atoms with van der Waals surface area (Å²) in [4.78, 5) is 19.8. The quantitative estimate of drug-likeness (QED) is 0.805. The van der Waals surface area contributed by atoms with E-state index in [0.29, 0.717) is 11.5 Å². The number of anilines is 2.